The van der Waals surface area contributed by atoms with Crippen molar-refractivity contribution in [2.75, 3.05) is 6.79 Å². The SMILES string of the molecule is Cc1cc(/C=C(\C#N)C(=O)N[C@@H](C)c2ccccc2)c(C)n1-c1ccc2c(c1)OCO2. The van der Waals surface area contributed by atoms with Gasteiger partial charge in [-0.3, -0.25) is 4.79 Å². The van der Waals surface area contributed by atoms with Crippen LogP contribution in [0.1, 0.15) is 35.5 Å². The van der Waals surface area contributed by atoms with Gasteiger partial charge >= 0.3 is 0 Å². The second-order valence-electron chi connectivity index (χ2n) is 7.48. The lowest BCUT2D eigenvalue weighted by molar-refractivity contribution is -0.117. The molecular weight excluding hydrogens is 390 g/mol. The highest BCUT2D eigenvalue weighted by Crippen LogP contribution is 2.35. The Morgan fingerprint density at radius 2 is 1.87 bits per heavy atom. The van der Waals surface area contributed by atoms with Crippen LogP contribution in [0.2, 0.25) is 0 Å². The summed E-state index contributed by atoms with van der Waals surface area (Å²) in [7, 11) is 0. The molecule has 0 unspecified atom stereocenters. The Bertz CT molecular complexity index is 1200. The molecule has 0 aliphatic carbocycles. The van der Waals surface area contributed by atoms with E-state index in [1.807, 2.05) is 81.4 Å². The molecule has 1 atom stereocenters. The lowest BCUT2D eigenvalue weighted by atomic mass is 10.1. The van der Waals surface area contributed by atoms with Crippen LogP contribution in [0.5, 0.6) is 11.5 Å². The zero-order valence-corrected chi connectivity index (χ0v) is 17.7. The number of nitriles is 1. The van der Waals surface area contributed by atoms with Crippen molar-refractivity contribution >= 4 is 12.0 Å². The van der Waals surface area contributed by atoms with E-state index in [0.29, 0.717) is 5.75 Å². The van der Waals surface area contributed by atoms with Crippen LogP contribution in [0.25, 0.3) is 11.8 Å². The van der Waals surface area contributed by atoms with E-state index in [1.54, 1.807) is 6.08 Å². The highest BCUT2D eigenvalue weighted by atomic mass is 16.7. The Labute approximate surface area is 181 Å². The van der Waals surface area contributed by atoms with Crippen molar-refractivity contribution in [2.24, 2.45) is 0 Å². The van der Waals surface area contributed by atoms with Gasteiger partial charge in [-0.25, -0.2) is 0 Å². The smallest absolute Gasteiger partial charge is 0.262 e. The van der Waals surface area contributed by atoms with Crippen LogP contribution in [0, 0.1) is 25.2 Å². The van der Waals surface area contributed by atoms with E-state index in [1.165, 1.54) is 0 Å². The molecule has 156 valence electrons. The fraction of sp³-hybridized carbons (Fsp3) is 0.200. The minimum Gasteiger partial charge on any atom is -0.454 e. The molecule has 0 fully saturated rings. The van der Waals surface area contributed by atoms with E-state index in [0.717, 1.165) is 34.0 Å². The third-order valence-electron chi connectivity index (χ3n) is 5.40. The number of aromatic nitrogens is 1. The lowest BCUT2D eigenvalue weighted by Crippen LogP contribution is -2.27. The summed E-state index contributed by atoms with van der Waals surface area (Å²) in [5, 5.41) is 12.5. The first kappa shape index (κ1) is 20.3. The molecule has 6 nitrogen and oxygen atoms in total. The molecule has 0 saturated carbocycles. The molecule has 0 bridgehead atoms. The summed E-state index contributed by atoms with van der Waals surface area (Å²) in [6.07, 6.45) is 1.64. The van der Waals surface area contributed by atoms with Gasteiger partial charge in [0, 0.05) is 23.1 Å². The number of fused-ring (bicyclic) bond motifs is 1. The quantitative estimate of drug-likeness (QED) is 0.490. The average Bonchev–Trinajstić information content (AvgIpc) is 3.35. The van der Waals surface area contributed by atoms with Crippen LogP contribution in [-0.2, 0) is 4.79 Å². The summed E-state index contributed by atoms with van der Waals surface area (Å²) >= 11 is 0. The molecule has 1 aromatic heterocycles. The topological polar surface area (TPSA) is 76.3 Å². The van der Waals surface area contributed by atoms with E-state index in [4.69, 9.17) is 9.47 Å². The second-order valence-corrected chi connectivity index (χ2v) is 7.48. The first-order chi connectivity index (χ1) is 15.0. The predicted octanol–water partition coefficient (Wildman–Crippen LogP) is 4.61. The van der Waals surface area contributed by atoms with Gasteiger partial charge < -0.3 is 19.4 Å². The minimum absolute atomic E-state index is 0.0636. The molecule has 0 spiro atoms. The average molecular weight is 413 g/mol. The van der Waals surface area contributed by atoms with Gasteiger partial charge in [0.2, 0.25) is 6.79 Å². The number of aryl methyl sites for hydroxylation is 1. The van der Waals surface area contributed by atoms with Crippen LogP contribution in [0.3, 0.4) is 0 Å². The van der Waals surface area contributed by atoms with Gasteiger partial charge in [0.25, 0.3) is 5.91 Å². The van der Waals surface area contributed by atoms with Gasteiger partial charge in [-0.15, -0.1) is 0 Å². The molecule has 1 amide bonds. The lowest BCUT2D eigenvalue weighted by Gasteiger charge is -2.13. The van der Waals surface area contributed by atoms with Crippen molar-refractivity contribution in [3.63, 3.8) is 0 Å². The van der Waals surface area contributed by atoms with E-state index >= 15 is 0 Å². The molecule has 2 heterocycles. The second kappa shape index (κ2) is 8.41. The third kappa shape index (κ3) is 4.03. The predicted molar refractivity (Wildman–Crippen MR) is 118 cm³/mol. The maximum absolute atomic E-state index is 12.7. The fourth-order valence-electron chi connectivity index (χ4n) is 3.76. The zero-order chi connectivity index (χ0) is 22.0. The van der Waals surface area contributed by atoms with Crippen molar-refractivity contribution in [1.29, 1.82) is 5.26 Å². The highest BCUT2D eigenvalue weighted by molar-refractivity contribution is 6.02. The van der Waals surface area contributed by atoms with Crippen molar-refractivity contribution in [3.8, 4) is 23.3 Å². The van der Waals surface area contributed by atoms with Crippen LogP contribution in [0.15, 0.2) is 60.2 Å². The molecule has 1 N–H and O–H groups in total. The van der Waals surface area contributed by atoms with Crippen LogP contribution >= 0.6 is 0 Å². The molecule has 1 aliphatic heterocycles. The molecule has 1 aliphatic rings. The molecule has 3 aromatic rings. The van der Waals surface area contributed by atoms with Crippen LogP contribution in [0.4, 0.5) is 0 Å². The number of carbonyl (C=O) groups is 1. The maximum atomic E-state index is 12.7. The number of rotatable bonds is 5. The maximum Gasteiger partial charge on any atom is 0.262 e. The summed E-state index contributed by atoms with van der Waals surface area (Å²) in [4.78, 5) is 12.7. The Balaban J connectivity index is 1.61. The van der Waals surface area contributed by atoms with E-state index in [2.05, 4.69) is 9.88 Å². The number of nitrogens with one attached hydrogen (secondary N) is 1. The molecule has 0 radical (unpaired) electrons. The summed E-state index contributed by atoms with van der Waals surface area (Å²) in [6, 6.07) is 19.2. The number of benzene rings is 2. The normalized spacial score (nSPS) is 13.5. The molecule has 0 saturated heterocycles. The fourth-order valence-corrected chi connectivity index (χ4v) is 3.76. The molecular formula is C25H23N3O3. The van der Waals surface area contributed by atoms with Gasteiger partial charge in [-0.05, 0) is 56.2 Å². The summed E-state index contributed by atoms with van der Waals surface area (Å²) in [5.41, 5.74) is 4.70. The standard InChI is InChI=1S/C25H23N3O3/c1-16-11-20(18(3)28(16)22-9-10-23-24(13-22)31-15-30-23)12-21(14-26)25(29)27-17(2)19-7-5-4-6-8-19/h4-13,17H,15H2,1-3H3,(H,27,29)/b21-12+/t17-/m0/s1. The number of carbonyl (C=O) groups excluding carboxylic acids is 1. The van der Waals surface area contributed by atoms with E-state index in [-0.39, 0.29) is 18.4 Å². The van der Waals surface area contributed by atoms with Crippen LogP contribution in [-0.4, -0.2) is 17.3 Å². The van der Waals surface area contributed by atoms with E-state index < -0.39 is 5.91 Å². The zero-order valence-electron chi connectivity index (χ0n) is 17.7. The van der Waals surface area contributed by atoms with Gasteiger partial charge in [0.15, 0.2) is 11.5 Å². The third-order valence-corrected chi connectivity index (χ3v) is 5.40. The largest absolute Gasteiger partial charge is 0.454 e. The monoisotopic (exact) mass is 413 g/mol. The molecule has 31 heavy (non-hydrogen) atoms. The van der Waals surface area contributed by atoms with Gasteiger partial charge in [0.1, 0.15) is 11.6 Å². The van der Waals surface area contributed by atoms with Crippen molar-refractivity contribution in [1.82, 2.24) is 9.88 Å². The van der Waals surface area contributed by atoms with Crippen molar-refractivity contribution in [2.45, 2.75) is 26.8 Å². The Kier molecular flexibility index (Phi) is 5.50. The summed E-state index contributed by atoms with van der Waals surface area (Å²) in [6.45, 7) is 6.06. The molecule has 4 rings (SSSR count). The highest BCUT2D eigenvalue weighted by Gasteiger charge is 2.18. The minimum atomic E-state index is -0.397. The number of hydrogen-bond donors (Lipinski definition) is 1. The van der Waals surface area contributed by atoms with Crippen molar-refractivity contribution in [3.05, 3.63) is 82.7 Å². The molecule has 2 aromatic carbocycles. The summed E-state index contributed by atoms with van der Waals surface area (Å²) in [5.74, 6) is 1.03. The van der Waals surface area contributed by atoms with Gasteiger partial charge in [0.05, 0.1) is 6.04 Å². The number of hydrogen-bond acceptors (Lipinski definition) is 4. The van der Waals surface area contributed by atoms with Gasteiger partial charge in [-0.2, -0.15) is 5.26 Å². The Morgan fingerprint density at radius 3 is 2.61 bits per heavy atom. The number of nitrogens with zero attached hydrogens (tertiary/aromatic N) is 2. The first-order valence-electron chi connectivity index (χ1n) is 10.0. The number of amides is 1. The van der Waals surface area contributed by atoms with E-state index in [9.17, 15) is 10.1 Å². The first-order valence-corrected chi connectivity index (χ1v) is 10.0. The molecule has 6 heteroatoms. The Morgan fingerprint density at radius 1 is 1.13 bits per heavy atom. The number of ether oxygens (including phenoxy) is 2. The van der Waals surface area contributed by atoms with Crippen LogP contribution < -0.4 is 14.8 Å². The Hall–Kier alpha value is -3.98. The summed E-state index contributed by atoms with van der Waals surface area (Å²) < 4.78 is 12.9. The van der Waals surface area contributed by atoms with Crippen molar-refractivity contribution < 1.29 is 14.3 Å². The van der Waals surface area contributed by atoms with Gasteiger partial charge in [-0.1, -0.05) is 30.3 Å².